The van der Waals surface area contributed by atoms with E-state index in [0.29, 0.717) is 32.2 Å². The van der Waals surface area contributed by atoms with Gasteiger partial charge in [0.2, 0.25) is 0 Å². The van der Waals surface area contributed by atoms with E-state index < -0.39 is 11.7 Å². The number of alkyl halides is 3. The summed E-state index contributed by atoms with van der Waals surface area (Å²) < 4.78 is 49.5. The molecule has 1 saturated heterocycles. The van der Waals surface area contributed by atoms with Crippen molar-refractivity contribution in [2.24, 2.45) is 4.99 Å². The van der Waals surface area contributed by atoms with Crippen molar-refractivity contribution in [3.8, 4) is 0 Å². The Hall–Kier alpha value is -2.58. The van der Waals surface area contributed by atoms with Gasteiger partial charge in [-0.1, -0.05) is 36.4 Å². The molecular formula is C24H30F3N3O2. The van der Waals surface area contributed by atoms with Crippen LogP contribution < -0.4 is 10.6 Å². The van der Waals surface area contributed by atoms with E-state index in [1.165, 1.54) is 12.1 Å². The van der Waals surface area contributed by atoms with Crippen molar-refractivity contribution in [3.05, 3.63) is 70.8 Å². The first-order valence-corrected chi connectivity index (χ1v) is 10.9. The van der Waals surface area contributed by atoms with Crippen LogP contribution in [0.25, 0.3) is 0 Å². The maximum Gasteiger partial charge on any atom is 0.416 e. The van der Waals surface area contributed by atoms with Gasteiger partial charge in [-0.25, -0.2) is 4.99 Å². The van der Waals surface area contributed by atoms with Crippen LogP contribution in [0.1, 0.15) is 42.0 Å². The maximum absolute atomic E-state index is 12.7. The third-order valence-corrected chi connectivity index (χ3v) is 5.15. The highest BCUT2D eigenvalue weighted by molar-refractivity contribution is 5.79. The van der Waals surface area contributed by atoms with Crippen LogP contribution >= 0.6 is 0 Å². The fourth-order valence-electron chi connectivity index (χ4n) is 3.38. The average molecular weight is 450 g/mol. The van der Waals surface area contributed by atoms with E-state index in [1.54, 1.807) is 0 Å². The van der Waals surface area contributed by atoms with E-state index in [-0.39, 0.29) is 6.10 Å². The standard InChI is InChI=1S/C24H30F3N3O2/c1-2-28-23(29-15-18-6-8-21(9-7-18)24(25,26)27)30-16-19-4-3-5-20(14-19)17-32-22-10-12-31-13-11-22/h3-9,14,22H,2,10-13,15-17H2,1H3,(H2,28,29,30). The number of benzene rings is 2. The summed E-state index contributed by atoms with van der Waals surface area (Å²) in [5.41, 5.74) is 2.26. The summed E-state index contributed by atoms with van der Waals surface area (Å²) in [4.78, 5) is 4.60. The summed E-state index contributed by atoms with van der Waals surface area (Å²) in [6.45, 7) is 5.57. The Morgan fingerprint density at radius 2 is 1.75 bits per heavy atom. The topological polar surface area (TPSA) is 54.9 Å². The molecule has 0 atom stereocenters. The molecule has 0 aliphatic carbocycles. The fourth-order valence-corrected chi connectivity index (χ4v) is 3.38. The van der Waals surface area contributed by atoms with Crippen LogP contribution in [0.3, 0.4) is 0 Å². The van der Waals surface area contributed by atoms with Gasteiger partial charge < -0.3 is 20.1 Å². The zero-order chi connectivity index (χ0) is 22.8. The number of guanidine groups is 1. The van der Waals surface area contributed by atoms with Crippen LogP contribution in [0.4, 0.5) is 13.2 Å². The Labute approximate surface area is 187 Å². The van der Waals surface area contributed by atoms with Gasteiger partial charge in [0.15, 0.2) is 5.96 Å². The van der Waals surface area contributed by atoms with E-state index >= 15 is 0 Å². The van der Waals surface area contributed by atoms with Gasteiger partial charge in [0, 0.05) is 26.3 Å². The molecule has 0 amide bonds. The molecule has 0 radical (unpaired) electrons. The molecule has 1 fully saturated rings. The molecule has 5 nitrogen and oxygen atoms in total. The molecule has 0 unspecified atom stereocenters. The van der Waals surface area contributed by atoms with Crippen molar-refractivity contribution in [1.29, 1.82) is 0 Å². The van der Waals surface area contributed by atoms with Gasteiger partial charge in [0.1, 0.15) is 0 Å². The average Bonchev–Trinajstić information content (AvgIpc) is 2.80. The predicted octanol–water partition coefficient (Wildman–Crippen LogP) is 4.66. The maximum atomic E-state index is 12.7. The number of nitrogens with one attached hydrogen (secondary N) is 2. The Bertz CT molecular complexity index is 864. The molecule has 2 N–H and O–H groups in total. The molecule has 174 valence electrons. The van der Waals surface area contributed by atoms with Gasteiger partial charge in [0.25, 0.3) is 0 Å². The second-order valence-corrected chi connectivity index (χ2v) is 7.69. The highest BCUT2D eigenvalue weighted by atomic mass is 19.4. The molecule has 3 rings (SSSR count). The van der Waals surface area contributed by atoms with E-state index in [4.69, 9.17) is 9.47 Å². The Morgan fingerprint density at radius 3 is 2.44 bits per heavy atom. The quantitative estimate of drug-likeness (QED) is 0.455. The lowest BCUT2D eigenvalue weighted by Gasteiger charge is -2.22. The molecular weight excluding hydrogens is 419 g/mol. The SMILES string of the molecule is CCNC(=NCc1cccc(COC2CCOCC2)c1)NCc1ccc(C(F)(F)F)cc1. The summed E-state index contributed by atoms with van der Waals surface area (Å²) >= 11 is 0. The first kappa shape index (κ1) is 24.1. The van der Waals surface area contributed by atoms with Crippen molar-refractivity contribution in [2.75, 3.05) is 19.8 Å². The molecule has 1 heterocycles. The van der Waals surface area contributed by atoms with Crippen molar-refractivity contribution in [2.45, 2.75) is 51.7 Å². The number of aliphatic imine (C=N–C) groups is 1. The monoisotopic (exact) mass is 449 g/mol. The largest absolute Gasteiger partial charge is 0.416 e. The molecule has 1 aliphatic heterocycles. The summed E-state index contributed by atoms with van der Waals surface area (Å²) in [6.07, 6.45) is -2.21. The molecule has 0 saturated carbocycles. The van der Waals surface area contributed by atoms with Crippen LogP contribution in [-0.2, 0) is 35.3 Å². The molecule has 0 aromatic heterocycles. The zero-order valence-electron chi connectivity index (χ0n) is 18.3. The van der Waals surface area contributed by atoms with Crippen molar-refractivity contribution in [3.63, 3.8) is 0 Å². The minimum absolute atomic E-state index is 0.250. The number of hydrogen-bond donors (Lipinski definition) is 2. The highest BCUT2D eigenvalue weighted by Crippen LogP contribution is 2.29. The van der Waals surface area contributed by atoms with Crippen LogP contribution in [0.5, 0.6) is 0 Å². The third kappa shape index (κ3) is 7.84. The predicted molar refractivity (Wildman–Crippen MR) is 118 cm³/mol. The summed E-state index contributed by atoms with van der Waals surface area (Å²) in [5, 5.41) is 6.33. The zero-order valence-corrected chi connectivity index (χ0v) is 18.3. The lowest BCUT2D eigenvalue weighted by molar-refractivity contribution is -0.137. The first-order chi connectivity index (χ1) is 15.4. The molecule has 2 aromatic rings. The van der Waals surface area contributed by atoms with Crippen LogP contribution in [0, 0.1) is 0 Å². The molecule has 0 spiro atoms. The van der Waals surface area contributed by atoms with Gasteiger partial charge in [-0.2, -0.15) is 13.2 Å². The number of rotatable bonds is 8. The lowest BCUT2D eigenvalue weighted by atomic mass is 10.1. The molecule has 0 bridgehead atoms. The van der Waals surface area contributed by atoms with Crippen LogP contribution in [0.2, 0.25) is 0 Å². The molecule has 2 aromatic carbocycles. The van der Waals surface area contributed by atoms with E-state index in [9.17, 15) is 13.2 Å². The smallest absolute Gasteiger partial charge is 0.381 e. The van der Waals surface area contributed by atoms with Gasteiger partial charge in [-0.15, -0.1) is 0 Å². The van der Waals surface area contributed by atoms with Gasteiger partial charge in [-0.3, -0.25) is 0 Å². The summed E-state index contributed by atoms with van der Waals surface area (Å²) in [6, 6.07) is 13.3. The Kier molecular flexibility index (Phi) is 8.93. The van der Waals surface area contributed by atoms with E-state index in [2.05, 4.69) is 21.7 Å². The lowest BCUT2D eigenvalue weighted by Crippen LogP contribution is -2.36. The normalized spacial score (nSPS) is 15.6. The van der Waals surface area contributed by atoms with E-state index in [0.717, 1.165) is 54.9 Å². The Balaban J connectivity index is 1.53. The molecule has 32 heavy (non-hydrogen) atoms. The van der Waals surface area contributed by atoms with Crippen LogP contribution in [0.15, 0.2) is 53.5 Å². The second-order valence-electron chi connectivity index (χ2n) is 7.69. The summed E-state index contributed by atoms with van der Waals surface area (Å²) in [5.74, 6) is 0.608. The van der Waals surface area contributed by atoms with E-state index in [1.807, 2.05) is 25.1 Å². The van der Waals surface area contributed by atoms with Crippen molar-refractivity contribution >= 4 is 5.96 Å². The number of ether oxygens (including phenoxy) is 2. The van der Waals surface area contributed by atoms with Gasteiger partial charge in [-0.05, 0) is 48.6 Å². The minimum Gasteiger partial charge on any atom is -0.381 e. The minimum atomic E-state index is -4.33. The number of nitrogens with zero attached hydrogens (tertiary/aromatic N) is 1. The van der Waals surface area contributed by atoms with Crippen molar-refractivity contribution in [1.82, 2.24) is 10.6 Å². The summed E-state index contributed by atoms with van der Waals surface area (Å²) in [7, 11) is 0. The van der Waals surface area contributed by atoms with Gasteiger partial charge >= 0.3 is 6.18 Å². The van der Waals surface area contributed by atoms with Crippen molar-refractivity contribution < 1.29 is 22.6 Å². The number of hydrogen-bond acceptors (Lipinski definition) is 3. The van der Waals surface area contributed by atoms with Gasteiger partial charge in [0.05, 0.1) is 24.8 Å². The molecule has 8 heteroatoms. The first-order valence-electron chi connectivity index (χ1n) is 10.9. The number of halogens is 3. The Morgan fingerprint density at radius 1 is 1.03 bits per heavy atom. The second kappa shape index (κ2) is 11.9. The highest BCUT2D eigenvalue weighted by Gasteiger charge is 2.29. The fraction of sp³-hybridized carbons (Fsp3) is 0.458. The van der Waals surface area contributed by atoms with Crippen LogP contribution in [-0.4, -0.2) is 31.8 Å². The third-order valence-electron chi connectivity index (χ3n) is 5.15. The molecule has 1 aliphatic rings.